The second kappa shape index (κ2) is 6.31. The molecular weight excluding hydrogens is 360 g/mol. The first kappa shape index (κ1) is 17.0. The molecule has 1 aromatic carbocycles. The predicted octanol–water partition coefficient (Wildman–Crippen LogP) is 4.73. The van der Waals surface area contributed by atoms with E-state index in [1.165, 1.54) is 38.5 Å². The van der Waals surface area contributed by atoms with E-state index in [-0.39, 0.29) is 5.54 Å². The lowest BCUT2D eigenvalue weighted by Crippen LogP contribution is -2.55. The molecule has 4 aliphatic rings. The van der Waals surface area contributed by atoms with Crippen LogP contribution in [0.5, 0.6) is 0 Å². The maximum Gasteiger partial charge on any atom is 0.159 e. The highest BCUT2D eigenvalue weighted by molar-refractivity contribution is 5.94. The van der Waals surface area contributed by atoms with Crippen molar-refractivity contribution in [3.63, 3.8) is 0 Å². The smallest absolute Gasteiger partial charge is 0.159 e. The third-order valence-corrected chi connectivity index (χ3v) is 7.20. The van der Waals surface area contributed by atoms with E-state index in [1.54, 1.807) is 12.5 Å². The number of rotatable bonds is 4. The van der Waals surface area contributed by atoms with Crippen molar-refractivity contribution in [2.45, 2.75) is 44.1 Å². The summed E-state index contributed by atoms with van der Waals surface area (Å²) in [5.41, 5.74) is 9.18. The zero-order valence-electron chi connectivity index (χ0n) is 16.4. The van der Waals surface area contributed by atoms with Crippen LogP contribution in [0.1, 0.15) is 38.5 Å². The fraction of sp³-hybridized carbons (Fsp3) is 0.435. The van der Waals surface area contributed by atoms with Gasteiger partial charge < -0.3 is 16.4 Å². The van der Waals surface area contributed by atoms with Crippen LogP contribution in [-0.4, -0.2) is 20.5 Å². The number of nitrogens with zero attached hydrogens (tertiary/aromatic N) is 3. The van der Waals surface area contributed by atoms with E-state index >= 15 is 0 Å². The Morgan fingerprint density at radius 2 is 1.59 bits per heavy atom. The second-order valence-corrected chi connectivity index (χ2v) is 9.31. The third-order valence-electron chi connectivity index (χ3n) is 7.20. The van der Waals surface area contributed by atoms with Crippen molar-refractivity contribution in [3.8, 4) is 0 Å². The van der Waals surface area contributed by atoms with Crippen LogP contribution in [0.15, 0.2) is 42.9 Å². The van der Waals surface area contributed by atoms with Crippen LogP contribution in [0, 0.1) is 17.8 Å². The number of aromatic nitrogens is 3. The molecule has 6 nitrogen and oxygen atoms in total. The van der Waals surface area contributed by atoms with Crippen LogP contribution in [0.25, 0.3) is 10.9 Å². The highest BCUT2D eigenvalue weighted by Gasteiger charge is 2.51. The van der Waals surface area contributed by atoms with Gasteiger partial charge in [-0.05, 0) is 80.5 Å². The number of nitrogens with one attached hydrogen (secondary N) is 2. The lowest BCUT2D eigenvalue weighted by Gasteiger charge is -2.57. The normalized spacial score (nSPS) is 29.9. The Morgan fingerprint density at radius 1 is 0.862 bits per heavy atom. The summed E-state index contributed by atoms with van der Waals surface area (Å²) in [7, 11) is 0. The van der Waals surface area contributed by atoms with Crippen molar-refractivity contribution >= 4 is 33.9 Å². The zero-order chi connectivity index (χ0) is 19.4. The van der Waals surface area contributed by atoms with Gasteiger partial charge in [-0.1, -0.05) is 6.07 Å². The van der Waals surface area contributed by atoms with Crippen LogP contribution in [0.4, 0.5) is 23.0 Å². The molecule has 0 aliphatic heterocycles. The topological polar surface area (TPSA) is 88.8 Å². The van der Waals surface area contributed by atoms with Crippen molar-refractivity contribution in [3.05, 3.63) is 42.9 Å². The quantitative estimate of drug-likeness (QED) is 0.601. The van der Waals surface area contributed by atoms with Crippen LogP contribution >= 0.6 is 0 Å². The number of anilines is 4. The number of benzene rings is 1. The molecule has 29 heavy (non-hydrogen) atoms. The average molecular weight is 387 g/mol. The maximum absolute atomic E-state index is 6.54. The number of nitrogen functional groups attached to an aromatic ring is 1. The first-order chi connectivity index (χ1) is 14.2. The molecular formula is C23H26N6. The standard InChI is InChI=1S/C23H26N6/c24-20-21(28-19-5-1-4-18-17(19)3-2-6-25-18)26-13-27-22(20)29-23-10-14-7-15(11-23)9-16(8-14)12-23/h1-6,13-16H,7-12,24H2,(H2,26,27,28,29). The van der Waals surface area contributed by atoms with E-state index < -0.39 is 0 Å². The van der Waals surface area contributed by atoms with E-state index in [1.807, 2.05) is 24.3 Å². The van der Waals surface area contributed by atoms with Gasteiger partial charge in [-0.15, -0.1) is 0 Å². The van der Waals surface area contributed by atoms with Crippen molar-refractivity contribution in [1.82, 2.24) is 15.0 Å². The van der Waals surface area contributed by atoms with Gasteiger partial charge in [0.2, 0.25) is 0 Å². The van der Waals surface area contributed by atoms with Gasteiger partial charge >= 0.3 is 0 Å². The van der Waals surface area contributed by atoms with Gasteiger partial charge in [0.15, 0.2) is 11.6 Å². The van der Waals surface area contributed by atoms with Gasteiger partial charge in [0.25, 0.3) is 0 Å². The highest BCUT2D eigenvalue weighted by Crippen LogP contribution is 2.56. The molecule has 4 N–H and O–H groups in total. The summed E-state index contributed by atoms with van der Waals surface area (Å²) < 4.78 is 0. The molecule has 4 saturated carbocycles. The maximum atomic E-state index is 6.54. The first-order valence-electron chi connectivity index (χ1n) is 10.7. The van der Waals surface area contributed by atoms with Gasteiger partial charge in [0, 0.05) is 22.8 Å². The van der Waals surface area contributed by atoms with Crippen LogP contribution in [0.3, 0.4) is 0 Å². The van der Waals surface area contributed by atoms with Gasteiger partial charge in [-0.3, -0.25) is 4.98 Å². The predicted molar refractivity (Wildman–Crippen MR) is 116 cm³/mol. The molecule has 0 spiro atoms. The van der Waals surface area contributed by atoms with Crippen molar-refractivity contribution in [2.24, 2.45) is 17.8 Å². The van der Waals surface area contributed by atoms with Gasteiger partial charge in [0.05, 0.1) is 5.52 Å². The molecule has 4 bridgehead atoms. The highest BCUT2D eigenvalue weighted by atomic mass is 15.1. The monoisotopic (exact) mass is 386 g/mol. The molecule has 2 heterocycles. The summed E-state index contributed by atoms with van der Waals surface area (Å²) in [5.74, 6) is 4.03. The Kier molecular flexibility index (Phi) is 3.70. The Morgan fingerprint density at radius 3 is 2.34 bits per heavy atom. The lowest BCUT2D eigenvalue weighted by atomic mass is 9.53. The summed E-state index contributed by atoms with van der Waals surface area (Å²) in [6.07, 6.45) is 11.4. The average Bonchev–Trinajstić information content (AvgIpc) is 2.70. The Bertz CT molecular complexity index is 1040. The SMILES string of the molecule is Nc1c(Nc2cccc3ncccc23)ncnc1NC12CC3CC(CC(C3)C1)C2. The second-order valence-electron chi connectivity index (χ2n) is 9.31. The fourth-order valence-electron chi connectivity index (χ4n) is 6.45. The largest absolute Gasteiger partial charge is 0.393 e. The summed E-state index contributed by atoms with van der Waals surface area (Å²) in [5, 5.41) is 8.24. The molecule has 6 heteroatoms. The van der Waals surface area contributed by atoms with E-state index in [9.17, 15) is 0 Å². The first-order valence-corrected chi connectivity index (χ1v) is 10.7. The third kappa shape index (κ3) is 2.89. The number of hydrogen-bond donors (Lipinski definition) is 3. The molecule has 7 rings (SSSR count). The summed E-state index contributed by atoms with van der Waals surface area (Å²) in [6.45, 7) is 0. The van der Waals surface area contributed by atoms with Crippen molar-refractivity contribution in [1.29, 1.82) is 0 Å². The van der Waals surface area contributed by atoms with Crippen molar-refractivity contribution in [2.75, 3.05) is 16.4 Å². The minimum atomic E-state index is 0.165. The van der Waals surface area contributed by atoms with Crippen molar-refractivity contribution < 1.29 is 0 Å². The molecule has 148 valence electrons. The van der Waals surface area contributed by atoms with E-state index in [2.05, 4.69) is 31.7 Å². The molecule has 4 aliphatic carbocycles. The molecule has 4 fully saturated rings. The minimum Gasteiger partial charge on any atom is -0.393 e. The number of nitrogens with two attached hydrogens (primary N) is 1. The Balaban J connectivity index is 1.31. The fourth-order valence-corrected chi connectivity index (χ4v) is 6.45. The molecule has 0 unspecified atom stereocenters. The molecule has 3 aromatic rings. The van der Waals surface area contributed by atoms with E-state index in [0.29, 0.717) is 11.5 Å². The molecule has 2 aromatic heterocycles. The van der Waals surface area contributed by atoms with Crippen LogP contribution < -0.4 is 16.4 Å². The summed E-state index contributed by atoms with van der Waals surface area (Å²) in [6, 6.07) is 10.0. The number of pyridine rings is 1. The zero-order valence-corrected chi connectivity index (χ0v) is 16.4. The molecule has 0 atom stereocenters. The Hall–Kier alpha value is -2.89. The lowest BCUT2D eigenvalue weighted by molar-refractivity contribution is 0.0106. The molecule has 0 radical (unpaired) electrons. The minimum absolute atomic E-state index is 0.165. The van der Waals surface area contributed by atoms with Gasteiger partial charge in [-0.25, -0.2) is 9.97 Å². The molecule has 0 saturated heterocycles. The van der Waals surface area contributed by atoms with Crippen LogP contribution in [-0.2, 0) is 0 Å². The number of hydrogen-bond acceptors (Lipinski definition) is 6. The van der Waals surface area contributed by atoms with Gasteiger partial charge in [0.1, 0.15) is 12.0 Å². The van der Waals surface area contributed by atoms with Gasteiger partial charge in [-0.2, -0.15) is 0 Å². The molecule has 0 amide bonds. The number of fused-ring (bicyclic) bond motifs is 1. The Labute approximate surface area is 170 Å². The summed E-state index contributed by atoms with van der Waals surface area (Å²) >= 11 is 0. The van der Waals surface area contributed by atoms with Crippen LogP contribution in [0.2, 0.25) is 0 Å². The van der Waals surface area contributed by atoms with E-state index in [0.717, 1.165) is 40.2 Å². The van der Waals surface area contributed by atoms with E-state index in [4.69, 9.17) is 5.73 Å². The summed E-state index contributed by atoms with van der Waals surface area (Å²) in [4.78, 5) is 13.4.